The first-order chi connectivity index (χ1) is 10.9. The molecule has 2 N–H and O–H groups in total. The fourth-order valence-corrected chi connectivity index (χ4v) is 2.33. The maximum atomic E-state index is 12.6. The summed E-state index contributed by atoms with van der Waals surface area (Å²) in [4.78, 5) is 4.16. The van der Waals surface area contributed by atoms with E-state index in [9.17, 15) is 13.2 Å². The van der Waals surface area contributed by atoms with Gasteiger partial charge in [-0.15, -0.1) is 0 Å². The lowest BCUT2D eigenvalue weighted by molar-refractivity contribution is -0.137. The molecule has 3 rings (SSSR count). The molecule has 5 heteroatoms. The van der Waals surface area contributed by atoms with Gasteiger partial charge in [0.1, 0.15) is 5.82 Å². The Balaban J connectivity index is 2.03. The van der Waals surface area contributed by atoms with Crippen LogP contribution in [0.1, 0.15) is 5.56 Å². The smallest absolute Gasteiger partial charge is 0.383 e. The fourth-order valence-electron chi connectivity index (χ4n) is 2.33. The number of halogens is 3. The van der Waals surface area contributed by atoms with E-state index < -0.39 is 11.7 Å². The number of nitrogens with zero attached hydrogens (tertiary/aromatic N) is 1. The van der Waals surface area contributed by atoms with E-state index in [0.29, 0.717) is 11.1 Å². The summed E-state index contributed by atoms with van der Waals surface area (Å²) in [6.07, 6.45) is -2.70. The third kappa shape index (κ3) is 3.18. The first-order valence-corrected chi connectivity index (χ1v) is 6.94. The summed E-state index contributed by atoms with van der Waals surface area (Å²) in [6.45, 7) is 0. The normalized spacial score (nSPS) is 11.4. The molecule has 0 amide bonds. The van der Waals surface area contributed by atoms with Gasteiger partial charge in [-0.2, -0.15) is 13.2 Å². The Kier molecular flexibility index (Phi) is 3.78. The molecule has 0 saturated carbocycles. The zero-order chi connectivity index (χ0) is 16.4. The molecule has 1 aromatic heterocycles. The average Bonchev–Trinajstić information content (AvgIpc) is 2.55. The van der Waals surface area contributed by atoms with Crippen molar-refractivity contribution >= 4 is 5.82 Å². The Morgan fingerprint density at radius 1 is 0.783 bits per heavy atom. The summed E-state index contributed by atoms with van der Waals surface area (Å²) >= 11 is 0. The van der Waals surface area contributed by atoms with E-state index >= 15 is 0 Å². The van der Waals surface area contributed by atoms with Crippen LogP contribution < -0.4 is 5.73 Å². The number of alkyl halides is 3. The van der Waals surface area contributed by atoms with Gasteiger partial charge in [-0.3, -0.25) is 0 Å². The van der Waals surface area contributed by atoms with E-state index in [-0.39, 0.29) is 5.82 Å². The van der Waals surface area contributed by atoms with Crippen LogP contribution in [-0.4, -0.2) is 4.98 Å². The first-order valence-electron chi connectivity index (χ1n) is 6.94. The van der Waals surface area contributed by atoms with Crippen molar-refractivity contribution in [1.82, 2.24) is 4.98 Å². The molecule has 0 atom stereocenters. The van der Waals surface area contributed by atoms with Gasteiger partial charge in [0.25, 0.3) is 0 Å². The third-order valence-electron chi connectivity index (χ3n) is 3.55. The SMILES string of the molecule is Nc1ncc(-c2ccccc2)cc1-c1ccc(C(F)(F)F)cc1. The minimum absolute atomic E-state index is 0.282. The van der Waals surface area contributed by atoms with E-state index in [1.54, 1.807) is 6.20 Å². The highest BCUT2D eigenvalue weighted by Gasteiger charge is 2.30. The summed E-state index contributed by atoms with van der Waals surface area (Å²) in [5, 5.41) is 0. The monoisotopic (exact) mass is 314 g/mol. The van der Waals surface area contributed by atoms with Crippen LogP contribution in [0, 0.1) is 0 Å². The molecule has 2 aromatic carbocycles. The second kappa shape index (κ2) is 5.76. The van der Waals surface area contributed by atoms with Gasteiger partial charge < -0.3 is 5.73 Å². The molecule has 0 aliphatic carbocycles. The molecule has 0 unspecified atom stereocenters. The summed E-state index contributed by atoms with van der Waals surface area (Å²) in [6, 6.07) is 16.3. The summed E-state index contributed by atoms with van der Waals surface area (Å²) < 4.78 is 37.9. The van der Waals surface area contributed by atoms with Crippen LogP contribution in [-0.2, 0) is 6.18 Å². The van der Waals surface area contributed by atoms with Gasteiger partial charge in [0.05, 0.1) is 5.56 Å². The lowest BCUT2D eigenvalue weighted by Gasteiger charge is -2.10. The van der Waals surface area contributed by atoms with Crippen molar-refractivity contribution in [3.8, 4) is 22.3 Å². The largest absolute Gasteiger partial charge is 0.416 e. The van der Waals surface area contributed by atoms with E-state index in [1.165, 1.54) is 12.1 Å². The van der Waals surface area contributed by atoms with E-state index in [0.717, 1.165) is 23.3 Å². The quantitative estimate of drug-likeness (QED) is 0.721. The zero-order valence-corrected chi connectivity index (χ0v) is 12.0. The van der Waals surface area contributed by atoms with Crippen molar-refractivity contribution in [3.05, 3.63) is 72.4 Å². The maximum Gasteiger partial charge on any atom is 0.416 e. The Labute approximate surface area is 131 Å². The lowest BCUT2D eigenvalue weighted by atomic mass is 10.00. The average molecular weight is 314 g/mol. The van der Waals surface area contributed by atoms with Crippen LogP contribution in [0.25, 0.3) is 22.3 Å². The van der Waals surface area contributed by atoms with Crippen molar-refractivity contribution in [2.45, 2.75) is 6.18 Å². The number of rotatable bonds is 2. The van der Waals surface area contributed by atoms with Crippen LogP contribution >= 0.6 is 0 Å². The van der Waals surface area contributed by atoms with Gasteiger partial charge in [0.2, 0.25) is 0 Å². The van der Waals surface area contributed by atoms with Crippen LogP contribution in [0.5, 0.6) is 0 Å². The number of aromatic nitrogens is 1. The van der Waals surface area contributed by atoms with E-state index in [1.807, 2.05) is 36.4 Å². The molecule has 23 heavy (non-hydrogen) atoms. The molecule has 0 bridgehead atoms. The third-order valence-corrected chi connectivity index (χ3v) is 3.55. The summed E-state index contributed by atoms with van der Waals surface area (Å²) in [5.74, 6) is 0.282. The van der Waals surface area contributed by atoms with Gasteiger partial charge in [-0.05, 0) is 29.3 Å². The number of pyridine rings is 1. The highest BCUT2D eigenvalue weighted by atomic mass is 19.4. The van der Waals surface area contributed by atoms with Crippen molar-refractivity contribution in [1.29, 1.82) is 0 Å². The molecule has 0 aliphatic heterocycles. The summed E-state index contributed by atoms with van der Waals surface area (Å²) in [7, 11) is 0. The Hall–Kier alpha value is -2.82. The predicted molar refractivity (Wildman–Crippen MR) is 84.5 cm³/mol. The standard InChI is InChI=1S/C18H13F3N2/c19-18(20,21)15-8-6-13(7-9-15)16-10-14(11-23-17(16)22)12-4-2-1-3-5-12/h1-11H,(H2,22,23). The number of nitrogens with two attached hydrogens (primary N) is 1. The second-order valence-electron chi connectivity index (χ2n) is 5.10. The highest BCUT2D eigenvalue weighted by molar-refractivity contribution is 5.79. The molecule has 0 fully saturated rings. The van der Waals surface area contributed by atoms with Gasteiger partial charge in [0, 0.05) is 17.3 Å². The number of hydrogen-bond donors (Lipinski definition) is 1. The van der Waals surface area contributed by atoms with Gasteiger partial charge >= 0.3 is 6.18 Å². The molecule has 1 heterocycles. The number of nitrogen functional groups attached to an aromatic ring is 1. The molecule has 0 spiro atoms. The first kappa shape index (κ1) is 15.1. The van der Waals surface area contributed by atoms with E-state index in [4.69, 9.17) is 5.73 Å². The van der Waals surface area contributed by atoms with Crippen LogP contribution in [0.2, 0.25) is 0 Å². The van der Waals surface area contributed by atoms with Crippen molar-refractivity contribution in [3.63, 3.8) is 0 Å². The molecule has 3 aromatic rings. The molecular weight excluding hydrogens is 301 g/mol. The topological polar surface area (TPSA) is 38.9 Å². The highest BCUT2D eigenvalue weighted by Crippen LogP contribution is 2.33. The Morgan fingerprint density at radius 3 is 2.04 bits per heavy atom. The Morgan fingerprint density at radius 2 is 1.43 bits per heavy atom. The summed E-state index contributed by atoms with van der Waals surface area (Å²) in [5.41, 5.74) is 8.23. The van der Waals surface area contributed by atoms with Crippen LogP contribution in [0.15, 0.2) is 66.9 Å². The van der Waals surface area contributed by atoms with Crippen LogP contribution in [0.3, 0.4) is 0 Å². The van der Waals surface area contributed by atoms with Crippen molar-refractivity contribution in [2.75, 3.05) is 5.73 Å². The predicted octanol–water partition coefficient (Wildman–Crippen LogP) is 5.02. The molecular formula is C18H13F3N2. The minimum Gasteiger partial charge on any atom is -0.383 e. The maximum absolute atomic E-state index is 12.6. The number of benzene rings is 2. The zero-order valence-electron chi connectivity index (χ0n) is 12.0. The molecule has 0 saturated heterocycles. The van der Waals surface area contributed by atoms with Crippen molar-refractivity contribution < 1.29 is 13.2 Å². The van der Waals surface area contributed by atoms with Gasteiger partial charge in [-0.1, -0.05) is 42.5 Å². The Bertz CT molecular complexity index is 810. The fraction of sp³-hybridized carbons (Fsp3) is 0.0556. The molecule has 0 radical (unpaired) electrons. The molecule has 2 nitrogen and oxygen atoms in total. The van der Waals surface area contributed by atoms with E-state index in [2.05, 4.69) is 4.98 Å². The lowest BCUT2D eigenvalue weighted by Crippen LogP contribution is -2.04. The second-order valence-corrected chi connectivity index (χ2v) is 5.10. The molecule has 0 aliphatic rings. The van der Waals surface area contributed by atoms with Crippen molar-refractivity contribution in [2.24, 2.45) is 0 Å². The minimum atomic E-state index is -4.35. The number of anilines is 1. The molecule has 116 valence electrons. The number of hydrogen-bond acceptors (Lipinski definition) is 2. The van der Waals surface area contributed by atoms with Crippen LogP contribution in [0.4, 0.5) is 19.0 Å². The van der Waals surface area contributed by atoms with Gasteiger partial charge in [-0.25, -0.2) is 4.98 Å². The van der Waals surface area contributed by atoms with Gasteiger partial charge in [0.15, 0.2) is 0 Å².